The highest BCUT2D eigenvalue weighted by atomic mass is 16.5. The van der Waals surface area contributed by atoms with Gasteiger partial charge in [-0.2, -0.15) is 5.26 Å². The van der Waals surface area contributed by atoms with E-state index in [9.17, 15) is 0 Å². The van der Waals surface area contributed by atoms with Gasteiger partial charge in [-0.15, -0.1) is 0 Å². The monoisotopic (exact) mass is 283 g/mol. The van der Waals surface area contributed by atoms with Crippen LogP contribution >= 0.6 is 0 Å². The van der Waals surface area contributed by atoms with Crippen molar-refractivity contribution in [3.63, 3.8) is 0 Å². The molecule has 5 heteroatoms. The molecule has 1 N–H and O–H groups in total. The molecule has 0 aliphatic carbocycles. The number of hydrogen-bond donors (Lipinski definition) is 1. The Hall–Kier alpha value is -2.74. The van der Waals surface area contributed by atoms with Crippen molar-refractivity contribution in [2.24, 2.45) is 0 Å². The van der Waals surface area contributed by atoms with E-state index in [-0.39, 0.29) is 0 Å². The lowest BCUT2D eigenvalue weighted by molar-refractivity contribution is 0.391. The molecule has 108 valence electrons. The van der Waals surface area contributed by atoms with Crippen LogP contribution in [0.15, 0.2) is 30.3 Å². The predicted molar refractivity (Wildman–Crippen MR) is 80.6 cm³/mol. The number of benzene rings is 1. The number of pyridine rings is 1. The molecule has 21 heavy (non-hydrogen) atoms. The second-order valence-corrected chi connectivity index (χ2v) is 4.53. The molecular weight excluding hydrogens is 266 g/mol. The topological polar surface area (TPSA) is 67.2 Å². The van der Waals surface area contributed by atoms with E-state index >= 15 is 0 Å². The van der Waals surface area contributed by atoms with Crippen molar-refractivity contribution in [3.8, 4) is 17.6 Å². The normalized spacial score (nSPS) is 9.81. The van der Waals surface area contributed by atoms with E-state index in [0.29, 0.717) is 17.9 Å². The highest BCUT2D eigenvalue weighted by Crippen LogP contribution is 2.25. The van der Waals surface area contributed by atoms with Crippen molar-refractivity contribution in [3.05, 3.63) is 47.2 Å². The van der Waals surface area contributed by atoms with E-state index in [4.69, 9.17) is 14.7 Å². The van der Waals surface area contributed by atoms with Crippen LogP contribution in [0.3, 0.4) is 0 Å². The molecule has 0 bridgehead atoms. The highest BCUT2D eigenvalue weighted by Gasteiger charge is 2.06. The van der Waals surface area contributed by atoms with Gasteiger partial charge < -0.3 is 14.8 Å². The number of aromatic nitrogens is 1. The molecule has 0 amide bonds. The molecule has 1 aromatic carbocycles. The number of anilines is 1. The van der Waals surface area contributed by atoms with Gasteiger partial charge in [-0.25, -0.2) is 4.98 Å². The molecule has 0 radical (unpaired) electrons. The van der Waals surface area contributed by atoms with E-state index in [0.717, 1.165) is 22.8 Å². The van der Waals surface area contributed by atoms with Crippen molar-refractivity contribution in [2.75, 3.05) is 19.5 Å². The number of rotatable bonds is 5. The maximum Gasteiger partial charge on any atom is 0.127 e. The summed E-state index contributed by atoms with van der Waals surface area (Å²) in [5.74, 6) is 2.16. The smallest absolute Gasteiger partial charge is 0.127 e. The van der Waals surface area contributed by atoms with Crippen molar-refractivity contribution in [2.45, 2.75) is 13.5 Å². The molecule has 0 aliphatic heterocycles. The van der Waals surface area contributed by atoms with Crippen LogP contribution in [0.1, 0.15) is 16.8 Å². The standard InChI is InChI=1S/C16H17N3O2/c1-11-6-12(9-17)7-16(19-11)18-10-13-4-5-14(20-2)8-15(13)21-3/h4-8H,10H2,1-3H3,(H,18,19). The van der Waals surface area contributed by atoms with Gasteiger partial charge in [-0.3, -0.25) is 0 Å². The molecular formula is C16H17N3O2. The summed E-state index contributed by atoms with van der Waals surface area (Å²) in [7, 11) is 3.24. The van der Waals surface area contributed by atoms with Gasteiger partial charge in [0.15, 0.2) is 0 Å². The molecule has 1 heterocycles. The van der Waals surface area contributed by atoms with Crippen LogP contribution in [0.25, 0.3) is 0 Å². The maximum absolute atomic E-state index is 8.97. The SMILES string of the molecule is COc1ccc(CNc2cc(C#N)cc(C)n2)c(OC)c1. The van der Waals surface area contributed by atoms with E-state index < -0.39 is 0 Å². The Labute approximate surface area is 124 Å². The minimum absolute atomic E-state index is 0.550. The molecule has 0 aliphatic rings. The van der Waals surface area contributed by atoms with Gasteiger partial charge in [0.1, 0.15) is 17.3 Å². The van der Waals surface area contributed by atoms with E-state index in [1.165, 1.54) is 0 Å². The van der Waals surface area contributed by atoms with Gasteiger partial charge in [0, 0.05) is 23.9 Å². The summed E-state index contributed by atoms with van der Waals surface area (Å²) in [6, 6.07) is 11.2. The summed E-state index contributed by atoms with van der Waals surface area (Å²) in [4.78, 5) is 4.36. The molecule has 1 aromatic heterocycles. The first-order valence-corrected chi connectivity index (χ1v) is 6.50. The van der Waals surface area contributed by atoms with Gasteiger partial charge in [0.25, 0.3) is 0 Å². The Morgan fingerprint density at radius 3 is 2.67 bits per heavy atom. The molecule has 0 saturated carbocycles. The summed E-state index contributed by atoms with van der Waals surface area (Å²) in [5, 5.41) is 12.2. The van der Waals surface area contributed by atoms with Crippen LogP contribution in [0.2, 0.25) is 0 Å². The molecule has 0 unspecified atom stereocenters. The lowest BCUT2D eigenvalue weighted by Gasteiger charge is -2.12. The van der Waals surface area contributed by atoms with E-state index in [1.807, 2.05) is 25.1 Å². The third-order valence-corrected chi connectivity index (χ3v) is 3.04. The molecule has 0 saturated heterocycles. The Balaban J connectivity index is 2.16. The average Bonchev–Trinajstić information content (AvgIpc) is 2.52. The zero-order valence-corrected chi connectivity index (χ0v) is 12.3. The molecule has 5 nitrogen and oxygen atoms in total. The van der Waals surface area contributed by atoms with Crippen molar-refractivity contribution < 1.29 is 9.47 Å². The molecule has 0 atom stereocenters. The lowest BCUT2D eigenvalue weighted by atomic mass is 10.2. The van der Waals surface area contributed by atoms with Gasteiger partial charge in [-0.1, -0.05) is 0 Å². The Morgan fingerprint density at radius 2 is 2.00 bits per heavy atom. The first kappa shape index (κ1) is 14.7. The quantitative estimate of drug-likeness (QED) is 0.913. The number of nitrogens with one attached hydrogen (secondary N) is 1. The number of methoxy groups -OCH3 is 2. The summed E-state index contributed by atoms with van der Waals surface area (Å²) in [6.45, 7) is 2.41. The number of aryl methyl sites for hydroxylation is 1. The zero-order valence-electron chi connectivity index (χ0n) is 12.3. The highest BCUT2D eigenvalue weighted by molar-refractivity contribution is 5.47. The van der Waals surface area contributed by atoms with Crippen LogP contribution in [-0.4, -0.2) is 19.2 Å². The van der Waals surface area contributed by atoms with Crippen molar-refractivity contribution in [1.82, 2.24) is 4.98 Å². The van der Waals surface area contributed by atoms with Crippen LogP contribution < -0.4 is 14.8 Å². The third-order valence-electron chi connectivity index (χ3n) is 3.04. The first-order valence-electron chi connectivity index (χ1n) is 6.50. The van der Waals surface area contributed by atoms with Crippen LogP contribution in [0.4, 0.5) is 5.82 Å². The second kappa shape index (κ2) is 6.62. The summed E-state index contributed by atoms with van der Waals surface area (Å²) < 4.78 is 10.5. The van der Waals surface area contributed by atoms with E-state index in [1.54, 1.807) is 26.4 Å². The third kappa shape index (κ3) is 3.63. The fourth-order valence-electron chi connectivity index (χ4n) is 2.01. The van der Waals surface area contributed by atoms with Crippen molar-refractivity contribution >= 4 is 5.82 Å². The number of hydrogen-bond acceptors (Lipinski definition) is 5. The summed E-state index contributed by atoms with van der Waals surface area (Å²) >= 11 is 0. The number of ether oxygens (including phenoxy) is 2. The van der Waals surface area contributed by atoms with Crippen LogP contribution in [0, 0.1) is 18.3 Å². The molecule has 2 rings (SSSR count). The maximum atomic E-state index is 8.97. The summed E-state index contributed by atoms with van der Waals surface area (Å²) in [6.07, 6.45) is 0. The Morgan fingerprint density at radius 1 is 1.19 bits per heavy atom. The average molecular weight is 283 g/mol. The van der Waals surface area contributed by atoms with Crippen LogP contribution in [0.5, 0.6) is 11.5 Å². The number of nitriles is 1. The fraction of sp³-hybridized carbons (Fsp3) is 0.250. The largest absolute Gasteiger partial charge is 0.497 e. The Kier molecular flexibility index (Phi) is 4.62. The molecule has 0 spiro atoms. The first-order chi connectivity index (χ1) is 10.2. The van der Waals surface area contributed by atoms with Gasteiger partial charge in [0.2, 0.25) is 0 Å². The van der Waals surface area contributed by atoms with Crippen molar-refractivity contribution in [1.29, 1.82) is 5.26 Å². The minimum atomic E-state index is 0.550. The van der Waals surface area contributed by atoms with E-state index in [2.05, 4.69) is 16.4 Å². The predicted octanol–water partition coefficient (Wildman–Crippen LogP) is 2.89. The fourth-order valence-corrected chi connectivity index (χ4v) is 2.01. The Bertz CT molecular complexity index is 678. The molecule has 2 aromatic rings. The van der Waals surface area contributed by atoms with Gasteiger partial charge in [-0.05, 0) is 31.2 Å². The van der Waals surface area contributed by atoms with Crippen LogP contribution in [-0.2, 0) is 6.54 Å². The second-order valence-electron chi connectivity index (χ2n) is 4.53. The van der Waals surface area contributed by atoms with Gasteiger partial charge in [0.05, 0.1) is 25.9 Å². The zero-order chi connectivity index (χ0) is 15.2. The van der Waals surface area contributed by atoms with Gasteiger partial charge >= 0.3 is 0 Å². The molecule has 0 fully saturated rings. The summed E-state index contributed by atoms with van der Waals surface area (Å²) in [5.41, 5.74) is 2.38. The lowest BCUT2D eigenvalue weighted by Crippen LogP contribution is -2.04. The number of nitrogens with zero attached hydrogens (tertiary/aromatic N) is 2. The minimum Gasteiger partial charge on any atom is -0.497 e.